The minimum absolute atomic E-state index is 0. The second-order valence-electron chi connectivity index (χ2n) is 0.755. The molecule has 11 heavy (non-hydrogen) atoms. The molecule has 72 valence electrons. The summed E-state index contributed by atoms with van der Waals surface area (Å²) in [4.78, 5) is 0. The molecule has 0 amide bonds. The van der Waals surface area contributed by atoms with Crippen LogP contribution in [0, 0.1) is 0 Å². The predicted octanol–water partition coefficient (Wildman–Crippen LogP) is -2.64. The van der Waals surface area contributed by atoms with Crippen molar-refractivity contribution in [3.63, 3.8) is 0 Å². The highest BCUT2D eigenvalue weighted by atomic mass is 32.3. The molecule has 0 heterocycles. The molecule has 0 aromatic heterocycles. The van der Waals surface area contributed by atoms with Crippen molar-refractivity contribution >= 4 is 17.7 Å². The molecular weight excluding hydrogens is 183 g/mol. The summed E-state index contributed by atoms with van der Waals surface area (Å²) in [6.45, 7) is 0. The highest BCUT2D eigenvalue weighted by Crippen LogP contribution is 1.57. The van der Waals surface area contributed by atoms with Crippen LogP contribution in [0.4, 0.5) is 0 Å². The fourth-order valence-corrected chi connectivity index (χ4v) is 0. The number of rotatable bonds is 0. The Morgan fingerprint density at radius 2 is 1.00 bits per heavy atom. The van der Waals surface area contributed by atoms with Crippen LogP contribution in [0.15, 0.2) is 0 Å². The Labute approximate surface area is 63.6 Å². The van der Waals surface area contributed by atoms with Gasteiger partial charge in [0.1, 0.15) is 0 Å². The Kier molecular flexibility index (Phi) is 19.8. The van der Waals surface area contributed by atoms with Crippen LogP contribution in [-0.2, 0) is 10.4 Å². The third-order valence-electron chi connectivity index (χ3n) is 0. The number of quaternary nitrogens is 2. The van der Waals surface area contributed by atoms with Crippen LogP contribution in [-0.4, -0.2) is 39.9 Å². The molecule has 0 bridgehead atoms. The van der Waals surface area contributed by atoms with Crippen molar-refractivity contribution in [2.75, 3.05) is 0 Å². The van der Waals surface area contributed by atoms with Gasteiger partial charge in [0.2, 0.25) is 0 Å². The number of hydrogen-bond acceptors (Lipinski definition) is 7. The highest BCUT2D eigenvalue weighted by Gasteiger charge is 1.92. The third kappa shape index (κ3) is 8290. The summed E-state index contributed by atoms with van der Waals surface area (Å²) in [6, 6.07) is 0. The second kappa shape index (κ2) is 9.73. The largest absolute Gasteiger partial charge is 0.759 e. The Hall–Kier alpha value is -0.265. The molecule has 0 unspecified atom stereocenters. The van der Waals surface area contributed by atoms with Gasteiger partial charge in [-0.05, 0) is 0 Å². The summed E-state index contributed by atoms with van der Waals surface area (Å²) in [7, 11) is -7.33. The van der Waals surface area contributed by atoms with Gasteiger partial charge in [-0.15, -0.1) is 0 Å². The van der Waals surface area contributed by atoms with Gasteiger partial charge in [-0.1, -0.05) is 0 Å². The van der Waals surface area contributed by atoms with Crippen LogP contribution in [0.1, 0.15) is 0 Å². The number of hydrogen-bond donors (Lipinski definition) is 5. The third-order valence-corrected chi connectivity index (χ3v) is 0. The smallest absolute Gasteiger partial charge is 0.631 e. The van der Waals surface area contributed by atoms with Gasteiger partial charge in [0.25, 0.3) is 0 Å². The maximum Gasteiger partial charge on any atom is 0.631 e. The molecule has 0 rings (SSSR count). The quantitative estimate of drug-likeness (QED) is 0.156. The standard InChI is InChI=1S/BH3O3.2H3N.H2O4S/c2-1(3)4;;;1-5(2,3)4/h2-4H;2*1H3;(H2,1,2,3,4). The molecule has 0 saturated heterocycles. The van der Waals surface area contributed by atoms with Crippen LogP contribution in [0.5, 0.6) is 0 Å². The normalized spacial score (nSPS) is 7.73. The molecule has 0 radical (unpaired) electrons. The molecule has 0 atom stereocenters. The van der Waals surface area contributed by atoms with Crippen LogP contribution < -0.4 is 12.3 Å². The summed E-state index contributed by atoms with van der Waals surface area (Å²) in [5.41, 5.74) is 0. The first-order chi connectivity index (χ1) is 3.73. The first kappa shape index (κ1) is 22.4. The van der Waals surface area contributed by atoms with E-state index >= 15 is 0 Å². The molecule has 11 heteroatoms. The molecule has 0 aliphatic carbocycles. The van der Waals surface area contributed by atoms with Crippen LogP contribution in [0.2, 0.25) is 0 Å². The van der Waals surface area contributed by atoms with E-state index in [1.165, 1.54) is 0 Å². The fourth-order valence-electron chi connectivity index (χ4n) is 0. The van der Waals surface area contributed by atoms with Gasteiger partial charge in [0.05, 0.1) is 0 Å². The average Bonchev–Trinajstić information content (AvgIpc) is 1.19. The molecule has 0 spiro atoms. The topological polar surface area (TPSA) is 214 Å². The fraction of sp³-hybridized carbons (Fsp3) is 0. The van der Waals surface area contributed by atoms with Gasteiger partial charge in [0.15, 0.2) is 0 Å². The Bertz CT molecular complexity index is 128. The molecule has 0 aromatic carbocycles. The Morgan fingerprint density at radius 1 is 1.00 bits per heavy atom. The zero-order chi connectivity index (χ0) is 8.08. The minimum atomic E-state index is -5.17. The average molecular weight is 194 g/mol. The van der Waals surface area contributed by atoms with Crippen molar-refractivity contribution in [1.29, 1.82) is 0 Å². The van der Waals surface area contributed by atoms with Gasteiger partial charge in [0, 0.05) is 10.4 Å². The molecule has 0 fully saturated rings. The van der Waals surface area contributed by atoms with E-state index in [-0.39, 0.29) is 12.3 Å². The van der Waals surface area contributed by atoms with E-state index in [0.29, 0.717) is 0 Å². The lowest BCUT2D eigenvalue weighted by Crippen LogP contribution is -2.07. The van der Waals surface area contributed by atoms with E-state index < -0.39 is 17.7 Å². The molecular formula is H11BN2O7S. The summed E-state index contributed by atoms with van der Waals surface area (Å²) in [6.07, 6.45) is 0. The van der Waals surface area contributed by atoms with E-state index in [1.54, 1.807) is 0 Å². The van der Waals surface area contributed by atoms with Crippen molar-refractivity contribution in [2.45, 2.75) is 0 Å². The van der Waals surface area contributed by atoms with E-state index in [1.807, 2.05) is 0 Å². The highest BCUT2D eigenvalue weighted by molar-refractivity contribution is 7.79. The second-order valence-corrected chi connectivity index (χ2v) is 1.57. The summed E-state index contributed by atoms with van der Waals surface area (Å²) in [5, 5.41) is 21.5. The Balaban J connectivity index is -0.0000000383. The van der Waals surface area contributed by atoms with Gasteiger partial charge in [-0.2, -0.15) is 0 Å². The summed E-state index contributed by atoms with van der Waals surface area (Å²) in [5.74, 6) is 0. The predicted molar refractivity (Wildman–Crippen MR) is 34.9 cm³/mol. The maximum atomic E-state index is 8.52. The molecule has 11 N–H and O–H groups in total. The summed E-state index contributed by atoms with van der Waals surface area (Å²) >= 11 is 0. The molecule has 0 aromatic rings. The Morgan fingerprint density at radius 3 is 1.00 bits per heavy atom. The SMILES string of the molecule is O=S(=O)([O-])[O-].OB(O)O.[NH4+].[NH4+]. The van der Waals surface area contributed by atoms with Crippen molar-refractivity contribution in [3.05, 3.63) is 0 Å². The van der Waals surface area contributed by atoms with Crippen LogP contribution in [0.25, 0.3) is 0 Å². The van der Waals surface area contributed by atoms with E-state index in [4.69, 9.17) is 32.6 Å². The minimum Gasteiger partial charge on any atom is -0.759 e. The van der Waals surface area contributed by atoms with Gasteiger partial charge in [-0.3, -0.25) is 8.42 Å². The molecule has 0 aliphatic rings. The van der Waals surface area contributed by atoms with E-state index in [2.05, 4.69) is 0 Å². The van der Waals surface area contributed by atoms with Crippen molar-refractivity contribution in [3.8, 4) is 0 Å². The van der Waals surface area contributed by atoms with Crippen LogP contribution >= 0.6 is 0 Å². The van der Waals surface area contributed by atoms with Gasteiger partial charge in [-0.25, -0.2) is 0 Å². The van der Waals surface area contributed by atoms with Crippen molar-refractivity contribution in [1.82, 2.24) is 12.3 Å². The van der Waals surface area contributed by atoms with E-state index in [9.17, 15) is 0 Å². The maximum absolute atomic E-state index is 8.52. The van der Waals surface area contributed by atoms with Gasteiger partial charge < -0.3 is 36.5 Å². The first-order valence-electron chi connectivity index (χ1n) is 1.44. The zero-order valence-electron chi connectivity index (χ0n) is 5.96. The van der Waals surface area contributed by atoms with Crippen LogP contribution in [0.3, 0.4) is 0 Å². The molecule has 0 saturated carbocycles. The molecule has 0 aliphatic heterocycles. The lowest BCUT2D eigenvalue weighted by atomic mass is 10.3. The first-order valence-corrected chi connectivity index (χ1v) is 2.77. The van der Waals surface area contributed by atoms with E-state index in [0.717, 1.165) is 0 Å². The van der Waals surface area contributed by atoms with Crippen molar-refractivity contribution in [2.24, 2.45) is 0 Å². The van der Waals surface area contributed by atoms with Crippen molar-refractivity contribution < 1.29 is 32.6 Å². The lowest BCUT2D eigenvalue weighted by Gasteiger charge is -2.06. The zero-order valence-corrected chi connectivity index (χ0v) is 6.78. The monoisotopic (exact) mass is 194 g/mol. The molecule has 9 nitrogen and oxygen atoms in total. The summed E-state index contributed by atoms with van der Waals surface area (Å²) < 4.78 is 34.1. The lowest BCUT2D eigenvalue weighted by molar-refractivity contribution is 0.278. The van der Waals surface area contributed by atoms with Gasteiger partial charge >= 0.3 is 7.32 Å².